The Bertz CT molecular complexity index is 1170. The fourth-order valence-corrected chi connectivity index (χ4v) is 4.98. The summed E-state index contributed by atoms with van der Waals surface area (Å²) in [4.78, 5) is 18.7. The quantitative estimate of drug-likeness (QED) is 0.452. The van der Waals surface area contributed by atoms with Crippen LogP contribution in [0.15, 0.2) is 73.1 Å². The Hall–Kier alpha value is -3.14. The number of amides is 1. The first-order valence-electron chi connectivity index (χ1n) is 12.7. The maximum Gasteiger partial charge on any atom is 0.257 e. The fraction of sp³-hybridized carbons (Fsp3) is 0.379. The maximum absolute atomic E-state index is 12.5. The van der Waals surface area contributed by atoms with E-state index in [0.29, 0.717) is 24.3 Å². The van der Waals surface area contributed by atoms with Crippen molar-refractivity contribution in [1.82, 2.24) is 9.88 Å². The van der Waals surface area contributed by atoms with Gasteiger partial charge in [0.1, 0.15) is 0 Å². The largest absolute Gasteiger partial charge is 0.392 e. The van der Waals surface area contributed by atoms with Gasteiger partial charge in [-0.15, -0.1) is 0 Å². The van der Waals surface area contributed by atoms with Crippen LogP contribution in [0.2, 0.25) is 0 Å². The van der Waals surface area contributed by atoms with Crippen molar-refractivity contribution in [1.29, 1.82) is 0 Å². The molecule has 0 aliphatic carbocycles. The van der Waals surface area contributed by atoms with Crippen LogP contribution in [0.4, 0.5) is 5.69 Å². The summed E-state index contributed by atoms with van der Waals surface area (Å²) in [6.07, 6.45) is 2.76. The number of carbonyl (C=O) groups excluding carboxylic acids is 1. The Labute approximate surface area is 216 Å². The molecule has 2 aliphatic heterocycles. The molecule has 0 saturated carbocycles. The zero-order valence-corrected chi connectivity index (χ0v) is 20.9. The third kappa shape index (κ3) is 6.06. The van der Waals surface area contributed by atoms with E-state index in [-0.39, 0.29) is 36.7 Å². The summed E-state index contributed by atoms with van der Waals surface area (Å²) < 4.78 is 13.0. The van der Waals surface area contributed by atoms with E-state index in [1.54, 1.807) is 18.3 Å². The molecule has 0 spiro atoms. The van der Waals surface area contributed by atoms with Crippen LogP contribution in [0.25, 0.3) is 0 Å². The summed E-state index contributed by atoms with van der Waals surface area (Å²) in [7, 11) is 0. The van der Waals surface area contributed by atoms with E-state index in [2.05, 4.69) is 22.1 Å². The second kappa shape index (κ2) is 11.5. The van der Waals surface area contributed by atoms with Gasteiger partial charge in [0.15, 0.2) is 6.29 Å². The number of likely N-dealkylation sites (tertiary alicyclic amines) is 1. The third-order valence-corrected chi connectivity index (χ3v) is 7.17. The number of pyridine rings is 1. The molecule has 1 amide bonds. The number of benzene rings is 2. The molecule has 2 aromatic carbocycles. The highest BCUT2D eigenvalue weighted by atomic mass is 16.7. The standard InChI is InChI=1S/C29H33N3O5/c1-19-26(17-32-14-12-25(34)16-32)36-29(37-27(19)21-6-4-20(18-33)5-7-21)22-8-10-24(11-9-22)31-28(35)23-3-2-13-30-15-23/h2-11,13,15,19,25-27,29,33-34H,12,14,16-18H2,1H3,(H,31,35)/t19-,25+,26+,27+,29+/m1/s1. The van der Waals surface area contributed by atoms with Crippen molar-refractivity contribution in [2.45, 2.75) is 44.6 Å². The summed E-state index contributed by atoms with van der Waals surface area (Å²) in [6.45, 7) is 4.34. The van der Waals surface area contributed by atoms with Crippen molar-refractivity contribution in [2.75, 3.05) is 25.0 Å². The number of rotatable bonds is 7. The lowest BCUT2D eigenvalue weighted by molar-refractivity contribution is -0.276. The van der Waals surface area contributed by atoms with Gasteiger partial charge in [0.25, 0.3) is 5.91 Å². The summed E-state index contributed by atoms with van der Waals surface area (Å²) in [5.41, 5.74) is 3.90. The van der Waals surface area contributed by atoms with Gasteiger partial charge in [0.2, 0.25) is 0 Å². The average Bonchev–Trinajstić information content (AvgIpc) is 3.35. The normalized spacial score (nSPS) is 26.2. The number of ether oxygens (including phenoxy) is 2. The molecule has 2 fully saturated rings. The molecule has 3 N–H and O–H groups in total. The SMILES string of the molecule is C[C@@H]1[C@H](CN2CC[C@H](O)C2)O[C@H](c2ccc(NC(=O)c3cccnc3)cc2)O[C@@H]1c1ccc(CO)cc1. The van der Waals surface area contributed by atoms with Gasteiger partial charge >= 0.3 is 0 Å². The number of aliphatic hydroxyl groups excluding tert-OH is 2. The molecule has 3 heterocycles. The zero-order chi connectivity index (χ0) is 25.8. The molecule has 0 unspecified atom stereocenters. The second-order valence-corrected chi connectivity index (χ2v) is 9.84. The first-order chi connectivity index (χ1) is 18.0. The summed E-state index contributed by atoms with van der Waals surface area (Å²) in [6, 6.07) is 18.8. The van der Waals surface area contributed by atoms with Gasteiger partial charge in [-0.3, -0.25) is 14.7 Å². The predicted molar refractivity (Wildman–Crippen MR) is 139 cm³/mol. The Balaban J connectivity index is 1.34. The van der Waals surface area contributed by atoms with E-state index in [1.165, 1.54) is 6.20 Å². The van der Waals surface area contributed by atoms with Gasteiger partial charge in [0.05, 0.1) is 30.5 Å². The average molecular weight is 504 g/mol. The van der Waals surface area contributed by atoms with Crippen LogP contribution < -0.4 is 5.32 Å². The van der Waals surface area contributed by atoms with Crippen molar-refractivity contribution < 1.29 is 24.5 Å². The second-order valence-electron chi connectivity index (χ2n) is 9.84. The first-order valence-corrected chi connectivity index (χ1v) is 12.7. The van der Waals surface area contributed by atoms with Crippen LogP contribution in [-0.2, 0) is 16.1 Å². The molecular weight excluding hydrogens is 470 g/mol. The Morgan fingerprint density at radius 2 is 1.84 bits per heavy atom. The number of carbonyl (C=O) groups is 1. The molecular formula is C29H33N3O5. The molecule has 3 aromatic rings. The van der Waals surface area contributed by atoms with Crippen LogP contribution in [0.3, 0.4) is 0 Å². The minimum Gasteiger partial charge on any atom is -0.392 e. The topological polar surface area (TPSA) is 104 Å². The Kier molecular flexibility index (Phi) is 7.93. The Morgan fingerprint density at radius 1 is 1.08 bits per heavy atom. The van der Waals surface area contributed by atoms with E-state index in [1.807, 2.05) is 48.5 Å². The molecule has 5 atom stereocenters. The van der Waals surface area contributed by atoms with Gasteiger partial charge < -0.3 is 25.0 Å². The van der Waals surface area contributed by atoms with E-state index in [4.69, 9.17) is 9.47 Å². The smallest absolute Gasteiger partial charge is 0.257 e. The molecule has 8 heteroatoms. The van der Waals surface area contributed by atoms with E-state index >= 15 is 0 Å². The number of nitrogens with zero attached hydrogens (tertiary/aromatic N) is 2. The molecule has 0 bridgehead atoms. The lowest BCUT2D eigenvalue weighted by atomic mass is 9.90. The van der Waals surface area contributed by atoms with Crippen molar-refractivity contribution in [3.05, 3.63) is 95.3 Å². The van der Waals surface area contributed by atoms with E-state index < -0.39 is 6.29 Å². The van der Waals surface area contributed by atoms with Gasteiger partial charge in [-0.05, 0) is 41.8 Å². The summed E-state index contributed by atoms with van der Waals surface area (Å²) in [5, 5.41) is 22.3. The van der Waals surface area contributed by atoms with Gasteiger partial charge in [0, 0.05) is 49.2 Å². The van der Waals surface area contributed by atoms with E-state index in [0.717, 1.165) is 29.7 Å². The molecule has 2 aliphatic rings. The number of hydrogen-bond donors (Lipinski definition) is 3. The van der Waals surface area contributed by atoms with Crippen molar-refractivity contribution in [3.8, 4) is 0 Å². The highest BCUT2D eigenvalue weighted by molar-refractivity contribution is 6.03. The summed E-state index contributed by atoms with van der Waals surface area (Å²) >= 11 is 0. The molecule has 37 heavy (non-hydrogen) atoms. The molecule has 8 nitrogen and oxygen atoms in total. The number of aromatic nitrogens is 1. The lowest BCUT2D eigenvalue weighted by Crippen LogP contribution is -2.44. The minimum atomic E-state index is -0.584. The van der Waals surface area contributed by atoms with Crippen molar-refractivity contribution >= 4 is 11.6 Å². The summed E-state index contributed by atoms with van der Waals surface area (Å²) in [5.74, 6) is -0.147. The fourth-order valence-electron chi connectivity index (χ4n) is 4.98. The van der Waals surface area contributed by atoms with Crippen molar-refractivity contribution in [3.63, 3.8) is 0 Å². The molecule has 1 aromatic heterocycles. The highest BCUT2D eigenvalue weighted by Crippen LogP contribution is 2.42. The lowest BCUT2D eigenvalue weighted by Gasteiger charge is -2.42. The van der Waals surface area contributed by atoms with Crippen LogP contribution in [0, 0.1) is 5.92 Å². The predicted octanol–water partition coefficient (Wildman–Crippen LogP) is 3.68. The van der Waals surface area contributed by atoms with Crippen LogP contribution in [0.5, 0.6) is 0 Å². The highest BCUT2D eigenvalue weighted by Gasteiger charge is 2.39. The molecule has 194 valence electrons. The number of anilines is 1. The minimum absolute atomic E-state index is 0.00330. The molecule has 5 rings (SSSR count). The van der Waals surface area contributed by atoms with Crippen LogP contribution >= 0.6 is 0 Å². The van der Waals surface area contributed by atoms with E-state index in [9.17, 15) is 15.0 Å². The van der Waals surface area contributed by atoms with Crippen LogP contribution in [-0.4, -0.2) is 57.8 Å². The van der Waals surface area contributed by atoms with Crippen molar-refractivity contribution in [2.24, 2.45) is 5.92 Å². The number of β-amino-alcohol motifs (C(OH)–C–C–N with tert-alkyl or cyclic N) is 1. The maximum atomic E-state index is 12.5. The first kappa shape index (κ1) is 25.5. The van der Waals surface area contributed by atoms with Gasteiger partial charge in [-0.1, -0.05) is 43.3 Å². The van der Waals surface area contributed by atoms with Gasteiger partial charge in [-0.25, -0.2) is 0 Å². The zero-order valence-electron chi connectivity index (χ0n) is 20.9. The monoisotopic (exact) mass is 503 g/mol. The number of hydrogen-bond acceptors (Lipinski definition) is 7. The Morgan fingerprint density at radius 3 is 2.49 bits per heavy atom. The van der Waals surface area contributed by atoms with Crippen LogP contribution in [0.1, 0.15) is 52.8 Å². The molecule has 0 radical (unpaired) electrons. The third-order valence-electron chi connectivity index (χ3n) is 7.17. The van der Waals surface area contributed by atoms with Gasteiger partial charge in [-0.2, -0.15) is 0 Å². The number of nitrogens with one attached hydrogen (secondary N) is 1. The number of aliphatic hydroxyl groups is 2. The molecule has 2 saturated heterocycles.